The van der Waals surface area contributed by atoms with Gasteiger partial charge in [-0.05, 0) is 37.3 Å². The fraction of sp³-hybridized carbons (Fsp3) is 0.522. The number of carbonyl (C=O) groups is 2. The van der Waals surface area contributed by atoms with E-state index in [0.29, 0.717) is 18.7 Å². The van der Waals surface area contributed by atoms with Gasteiger partial charge in [-0.1, -0.05) is 31.2 Å². The maximum Gasteiger partial charge on any atom is 0.267 e. The molecule has 1 aromatic rings. The van der Waals surface area contributed by atoms with E-state index in [1.54, 1.807) is 14.0 Å². The summed E-state index contributed by atoms with van der Waals surface area (Å²) in [5.74, 6) is -0.630. The molecule has 2 atom stereocenters. The third-order valence-electron chi connectivity index (χ3n) is 5.50. The molecule has 0 aromatic heterocycles. The van der Waals surface area contributed by atoms with E-state index in [2.05, 4.69) is 44.8 Å². The maximum absolute atomic E-state index is 12.5. The topological polar surface area (TPSA) is 126 Å². The van der Waals surface area contributed by atoms with Gasteiger partial charge in [0, 0.05) is 45.2 Å². The number of hydrogen-bond acceptors (Lipinski definition) is 5. The number of likely N-dealkylation sites (N-methyl/N-ethyl adjacent to an activating group) is 1. The second-order valence-electron chi connectivity index (χ2n) is 8.15. The van der Waals surface area contributed by atoms with Crippen molar-refractivity contribution in [3.8, 4) is 0 Å². The molecule has 2 amide bonds. The van der Waals surface area contributed by atoms with Gasteiger partial charge in [-0.2, -0.15) is 0 Å². The lowest BCUT2D eigenvalue weighted by Gasteiger charge is -2.28. The van der Waals surface area contributed by atoms with E-state index in [1.807, 2.05) is 6.92 Å². The number of amides is 2. The highest BCUT2D eigenvalue weighted by molar-refractivity contribution is 6.02. The van der Waals surface area contributed by atoms with Gasteiger partial charge in [-0.25, -0.2) is 0 Å². The molecule has 1 heterocycles. The van der Waals surface area contributed by atoms with E-state index >= 15 is 0 Å². The van der Waals surface area contributed by atoms with Crippen LogP contribution in [0.2, 0.25) is 0 Å². The highest BCUT2D eigenvalue weighted by Gasteiger charge is 2.16. The molecule has 1 aliphatic heterocycles. The molecule has 8 nitrogen and oxygen atoms in total. The van der Waals surface area contributed by atoms with Gasteiger partial charge in [-0.15, -0.1) is 0 Å². The molecule has 1 aliphatic rings. The molecule has 0 aliphatic carbocycles. The molecule has 0 bridgehead atoms. The average Bonchev–Trinajstić information content (AvgIpc) is 2.74. The second-order valence-corrected chi connectivity index (χ2v) is 8.15. The zero-order valence-corrected chi connectivity index (χ0v) is 18.9. The van der Waals surface area contributed by atoms with E-state index < -0.39 is 0 Å². The Kier molecular flexibility index (Phi) is 9.52. The smallest absolute Gasteiger partial charge is 0.267 e. The monoisotopic (exact) mass is 428 g/mol. The number of aliphatic imine (C=N–C) groups is 1. The van der Waals surface area contributed by atoms with Crippen molar-refractivity contribution in [2.24, 2.45) is 22.4 Å². The Balaban J connectivity index is 1.77. The molecular formula is C23H36N6O2. The van der Waals surface area contributed by atoms with Crippen LogP contribution < -0.4 is 22.1 Å². The summed E-state index contributed by atoms with van der Waals surface area (Å²) >= 11 is 0. The van der Waals surface area contributed by atoms with Gasteiger partial charge in [0.15, 0.2) is 0 Å². The van der Waals surface area contributed by atoms with Crippen LogP contribution >= 0.6 is 0 Å². The van der Waals surface area contributed by atoms with Crippen LogP contribution in [0.3, 0.4) is 0 Å². The molecule has 8 heteroatoms. The van der Waals surface area contributed by atoms with Crippen molar-refractivity contribution >= 4 is 17.6 Å². The maximum atomic E-state index is 12.5. The normalized spacial score (nSPS) is 16.9. The Labute approximate surface area is 185 Å². The first kappa shape index (κ1) is 24.4. The minimum absolute atomic E-state index is 0.172. The third kappa shape index (κ3) is 8.05. The number of nitrogens with one attached hydrogen (secondary N) is 2. The summed E-state index contributed by atoms with van der Waals surface area (Å²) in [6.07, 6.45) is 3.97. The Morgan fingerprint density at radius 3 is 2.61 bits per heavy atom. The van der Waals surface area contributed by atoms with Crippen molar-refractivity contribution in [3.05, 3.63) is 47.2 Å². The lowest BCUT2D eigenvalue weighted by atomic mass is 10.00. The van der Waals surface area contributed by atoms with E-state index in [1.165, 1.54) is 17.2 Å². The second kappa shape index (κ2) is 12.1. The lowest BCUT2D eigenvalue weighted by Crippen LogP contribution is -2.35. The van der Waals surface area contributed by atoms with Crippen molar-refractivity contribution in [2.75, 3.05) is 26.7 Å². The summed E-state index contributed by atoms with van der Waals surface area (Å²) in [5.41, 5.74) is 14.4. The van der Waals surface area contributed by atoms with Gasteiger partial charge in [-0.3, -0.25) is 19.5 Å². The Morgan fingerprint density at radius 1 is 1.23 bits per heavy atom. The molecule has 0 saturated carbocycles. The van der Waals surface area contributed by atoms with Crippen molar-refractivity contribution in [2.45, 2.75) is 45.7 Å². The van der Waals surface area contributed by atoms with Gasteiger partial charge in [0.25, 0.3) is 5.91 Å². The van der Waals surface area contributed by atoms with Gasteiger partial charge in [0.05, 0.1) is 6.04 Å². The fourth-order valence-corrected chi connectivity index (χ4v) is 3.72. The molecular weight excluding hydrogens is 392 g/mol. The number of carbonyl (C=O) groups excluding carboxylic acids is 2. The predicted molar refractivity (Wildman–Crippen MR) is 124 cm³/mol. The summed E-state index contributed by atoms with van der Waals surface area (Å²) in [6.45, 7) is 7.15. The van der Waals surface area contributed by atoms with Crippen LogP contribution in [0.15, 0.2) is 41.0 Å². The average molecular weight is 429 g/mol. The minimum atomic E-state index is -0.361. The first-order chi connectivity index (χ1) is 14.8. The molecule has 6 N–H and O–H groups in total. The summed E-state index contributed by atoms with van der Waals surface area (Å²) < 4.78 is 0. The van der Waals surface area contributed by atoms with Crippen LogP contribution in [0, 0.1) is 5.92 Å². The molecule has 0 unspecified atom stereocenters. The SMILES string of the molecule is CNC(=CC(N)=N[C@H](C)C[C@H](C)C(N)=O)C(=O)NCCCN1CCc2ccccc2C1. The molecule has 0 spiro atoms. The van der Waals surface area contributed by atoms with Crippen LogP contribution in [0.5, 0.6) is 0 Å². The first-order valence-corrected chi connectivity index (χ1v) is 10.9. The molecule has 1 aromatic carbocycles. The van der Waals surface area contributed by atoms with Gasteiger partial charge in [0.2, 0.25) is 5.91 Å². The standard InChI is InChI=1S/C23H36N6O2/c1-16(22(25)30)13-17(2)28-21(24)14-20(26-3)23(31)27-10-6-11-29-12-9-18-7-4-5-8-19(18)15-29/h4-5,7-8,14,16-17,26H,6,9-13,15H2,1-3H3,(H2,24,28)(H2,25,30)(H,27,31)/t16-,17+/m0/s1. The summed E-state index contributed by atoms with van der Waals surface area (Å²) in [5, 5.41) is 5.80. The first-order valence-electron chi connectivity index (χ1n) is 10.9. The van der Waals surface area contributed by atoms with Gasteiger partial charge >= 0.3 is 0 Å². The van der Waals surface area contributed by atoms with Crippen molar-refractivity contribution in [1.29, 1.82) is 0 Å². The number of primary amides is 1. The zero-order valence-electron chi connectivity index (χ0n) is 18.9. The lowest BCUT2D eigenvalue weighted by molar-refractivity contribution is -0.121. The Bertz CT molecular complexity index is 820. The predicted octanol–water partition coefficient (Wildman–Crippen LogP) is 0.912. The summed E-state index contributed by atoms with van der Waals surface area (Å²) in [4.78, 5) is 30.4. The van der Waals surface area contributed by atoms with Gasteiger partial charge < -0.3 is 22.1 Å². The number of hydrogen-bond donors (Lipinski definition) is 4. The number of nitrogens with zero attached hydrogens (tertiary/aromatic N) is 2. The number of rotatable bonds is 11. The quantitative estimate of drug-likeness (QED) is 0.180. The van der Waals surface area contributed by atoms with Crippen LogP contribution in [-0.2, 0) is 22.6 Å². The molecule has 2 rings (SSSR count). The highest BCUT2D eigenvalue weighted by atomic mass is 16.2. The summed E-state index contributed by atoms with van der Waals surface area (Å²) in [7, 11) is 1.67. The van der Waals surface area contributed by atoms with E-state index in [-0.39, 0.29) is 29.6 Å². The Morgan fingerprint density at radius 2 is 1.94 bits per heavy atom. The highest BCUT2D eigenvalue weighted by Crippen LogP contribution is 2.18. The minimum Gasteiger partial charge on any atom is -0.384 e. The molecule has 0 saturated heterocycles. The zero-order chi connectivity index (χ0) is 22.8. The third-order valence-corrected chi connectivity index (χ3v) is 5.50. The van der Waals surface area contributed by atoms with Crippen LogP contribution in [0.4, 0.5) is 0 Å². The molecule has 170 valence electrons. The number of amidine groups is 1. The van der Waals surface area contributed by atoms with Crippen LogP contribution in [0.1, 0.15) is 37.8 Å². The van der Waals surface area contributed by atoms with Crippen molar-refractivity contribution < 1.29 is 9.59 Å². The van der Waals surface area contributed by atoms with Crippen molar-refractivity contribution in [1.82, 2.24) is 15.5 Å². The van der Waals surface area contributed by atoms with E-state index in [9.17, 15) is 9.59 Å². The molecule has 0 radical (unpaired) electrons. The number of fused-ring (bicyclic) bond motifs is 1. The molecule has 31 heavy (non-hydrogen) atoms. The van der Waals surface area contributed by atoms with E-state index in [0.717, 1.165) is 32.5 Å². The number of nitrogens with two attached hydrogens (primary N) is 2. The Hall–Kier alpha value is -2.87. The van der Waals surface area contributed by atoms with E-state index in [4.69, 9.17) is 11.5 Å². The number of benzene rings is 1. The molecule has 0 fully saturated rings. The largest absolute Gasteiger partial charge is 0.384 e. The van der Waals surface area contributed by atoms with Crippen LogP contribution in [-0.4, -0.2) is 55.3 Å². The van der Waals surface area contributed by atoms with Crippen LogP contribution in [0.25, 0.3) is 0 Å². The summed E-state index contributed by atoms with van der Waals surface area (Å²) in [6, 6.07) is 8.40. The van der Waals surface area contributed by atoms with Crippen molar-refractivity contribution in [3.63, 3.8) is 0 Å². The van der Waals surface area contributed by atoms with Gasteiger partial charge in [0.1, 0.15) is 11.5 Å². The fourth-order valence-electron chi connectivity index (χ4n) is 3.72.